The summed E-state index contributed by atoms with van der Waals surface area (Å²) in [6.07, 6.45) is 1.74. The molecule has 0 unspecified atom stereocenters. The predicted molar refractivity (Wildman–Crippen MR) is 116 cm³/mol. The maximum absolute atomic E-state index is 5.30. The zero-order valence-electron chi connectivity index (χ0n) is 17.0. The van der Waals surface area contributed by atoms with Gasteiger partial charge in [0.15, 0.2) is 5.65 Å². The van der Waals surface area contributed by atoms with Gasteiger partial charge < -0.3 is 15.0 Å². The number of nitrogens with zero attached hydrogens (tertiary/aromatic N) is 4. The minimum Gasteiger partial charge on any atom is -0.497 e. The van der Waals surface area contributed by atoms with Gasteiger partial charge in [-0.05, 0) is 55.1 Å². The molecule has 148 valence electrons. The van der Waals surface area contributed by atoms with Crippen molar-refractivity contribution < 1.29 is 4.74 Å². The molecule has 0 fully saturated rings. The van der Waals surface area contributed by atoms with Crippen molar-refractivity contribution in [1.82, 2.24) is 19.5 Å². The molecular weight excluding hydrogens is 362 g/mol. The van der Waals surface area contributed by atoms with E-state index < -0.39 is 0 Å². The summed E-state index contributed by atoms with van der Waals surface area (Å²) in [6.45, 7) is 1.61. The van der Waals surface area contributed by atoms with E-state index in [0.29, 0.717) is 6.54 Å². The number of nitrogens with one attached hydrogen (secondary N) is 1. The average molecular weight is 387 g/mol. The van der Waals surface area contributed by atoms with E-state index in [1.54, 1.807) is 13.4 Å². The van der Waals surface area contributed by atoms with Gasteiger partial charge in [-0.15, -0.1) is 10.2 Å². The second-order valence-electron chi connectivity index (χ2n) is 7.30. The molecule has 1 N–H and O–H groups in total. The third kappa shape index (κ3) is 4.22. The molecule has 29 heavy (non-hydrogen) atoms. The second kappa shape index (κ2) is 8.32. The smallest absolute Gasteiger partial charge is 0.170 e. The molecule has 0 spiro atoms. The predicted octanol–water partition coefficient (Wildman–Crippen LogP) is 4.08. The quantitative estimate of drug-likeness (QED) is 0.518. The van der Waals surface area contributed by atoms with Crippen LogP contribution in [0.5, 0.6) is 5.75 Å². The van der Waals surface area contributed by atoms with Crippen LogP contribution in [0.2, 0.25) is 0 Å². The first kappa shape index (κ1) is 19.0. The Labute approximate surface area is 170 Å². The summed E-state index contributed by atoms with van der Waals surface area (Å²) in [5, 5.41) is 12.0. The Morgan fingerprint density at radius 1 is 1.00 bits per heavy atom. The van der Waals surface area contributed by atoms with Gasteiger partial charge in [0, 0.05) is 18.7 Å². The molecule has 2 heterocycles. The molecule has 0 radical (unpaired) electrons. The van der Waals surface area contributed by atoms with Gasteiger partial charge in [-0.2, -0.15) is 0 Å². The number of pyridine rings is 1. The van der Waals surface area contributed by atoms with Crippen molar-refractivity contribution in [2.75, 3.05) is 26.5 Å². The zero-order valence-corrected chi connectivity index (χ0v) is 17.0. The van der Waals surface area contributed by atoms with Crippen LogP contribution in [0.15, 0.2) is 67.0 Å². The molecule has 0 bridgehead atoms. The largest absolute Gasteiger partial charge is 0.497 e. The van der Waals surface area contributed by atoms with Crippen molar-refractivity contribution in [3.05, 3.63) is 78.1 Å². The molecule has 4 rings (SSSR count). The van der Waals surface area contributed by atoms with E-state index in [9.17, 15) is 0 Å². The highest BCUT2D eigenvalue weighted by atomic mass is 16.5. The van der Waals surface area contributed by atoms with E-state index in [-0.39, 0.29) is 0 Å². The van der Waals surface area contributed by atoms with Crippen molar-refractivity contribution in [1.29, 1.82) is 0 Å². The fraction of sp³-hybridized carbons (Fsp3) is 0.217. The van der Waals surface area contributed by atoms with Crippen LogP contribution in [0.4, 0.5) is 5.82 Å². The van der Waals surface area contributed by atoms with E-state index in [0.717, 1.165) is 40.4 Å². The highest BCUT2D eigenvalue weighted by Crippen LogP contribution is 2.27. The van der Waals surface area contributed by atoms with E-state index in [4.69, 9.17) is 4.74 Å². The second-order valence-corrected chi connectivity index (χ2v) is 7.30. The van der Waals surface area contributed by atoms with Crippen molar-refractivity contribution in [3.63, 3.8) is 0 Å². The topological polar surface area (TPSA) is 54.7 Å². The number of benzene rings is 2. The number of ether oxygens (including phenoxy) is 1. The fourth-order valence-corrected chi connectivity index (χ4v) is 3.41. The molecule has 0 atom stereocenters. The van der Waals surface area contributed by atoms with Crippen LogP contribution in [0, 0.1) is 0 Å². The van der Waals surface area contributed by atoms with Gasteiger partial charge in [-0.25, -0.2) is 0 Å². The molecule has 0 saturated heterocycles. The van der Waals surface area contributed by atoms with Gasteiger partial charge in [0.1, 0.15) is 17.9 Å². The third-order valence-electron chi connectivity index (χ3n) is 4.83. The average Bonchev–Trinajstić information content (AvgIpc) is 3.23. The summed E-state index contributed by atoms with van der Waals surface area (Å²) >= 11 is 0. The monoisotopic (exact) mass is 387 g/mol. The lowest BCUT2D eigenvalue weighted by molar-refractivity contribution is 0.402. The van der Waals surface area contributed by atoms with Crippen LogP contribution in [0.1, 0.15) is 11.1 Å². The lowest BCUT2D eigenvalue weighted by atomic mass is 10.0. The molecular formula is C23H25N5O. The van der Waals surface area contributed by atoms with Crippen LogP contribution in [0.3, 0.4) is 0 Å². The number of aromatic nitrogens is 3. The Hall–Kier alpha value is -3.38. The summed E-state index contributed by atoms with van der Waals surface area (Å²) in [4.78, 5) is 2.16. The minimum absolute atomic E-state index is 0.684. The molecule has 0 saturated carbocycles. The minimum atomic E-state index is 0.684. The van der Waals surface area contributed by atoms with E-state index in [1.807, 2.05) is 22.6 Å². The summed E-state index contributed by atoms with van der Waals surface area (Å²) in [6, 6.07) is 20.8. The first-order valence-electron chi connectivity index (χ1n) is 9.57. The molecule has 0 aliphatic carbocycles. The Bertz CT molecular complexity index is 1100. The van der Waals surface area contributed by atoms with Gasteiger partial charge in [-0.1, -0.05) is 36.4 Å². The van der Waals surface area contributed by atoms with Crippen molar-refractivity contribution in [2.45, 2.75) is 13.1 Å². The summed E-state index contributed by atoms with van der Waals surface area (Å²) in [5.74, 6) is 1.80. The van der Waals surface area contributed by atoms with Gasteiger partial charge in [-0.3, -0.25) is 4.40 Å². The highest BCUT2D eigenvalue weighted by Gasteiger charge is 2.10. The first-order chi connectivity index (χ1) is 14.1. The van der Waals surface area contributed by atoms with Gasteiger partial charge in [0.05, 0.1) is 7.11 Å². The van der Waals surface area contributed by atoms with Gasteiger partial charge in [0.2, 0.25) is 0 Å². The fourth-order valence-electron chi connectivity index (χ4n) is 3.41. The molecule has 4 aromatic rings. The molecule has 6 heteroatoms. The van der Waals surface area contributed by atoms with Gasteiger partial charge >= 0.3 is 0 Å². The van der Waals surface area contributed by atoms with Crippen molar-refractivity contribution in [3.8, 4) is 16.9 Å². The number of hydrogen-bond acceptors (Lipinski definition) is 5. The molecule has 0 amide bonds. The lowest BCUT2D eigenvalue weighted by Crippen LogP contribution is -2.10. The molecule has 6 nitrogen and oxygen atoms in total. The van der Waals surface area contributed by atoms with Crippen molar-refractivity contribution in [2.24, 2.45) is 0 Å². The van der Waals surface area contributed by atoms with Crippen LogP contribution in [-0.4, -0.2) is 40.7 Å². The Balaban J connectivity index is 1.58. The Morgan fingerprint density at radius 2 is 1.83 bits per heavy atom. The van der Waals surface area contributed by atoms with E-state index >= 15 is 0 Å². The number of fused-ring (bicyclic) bond motifs is 1. The normalized spacial score (nSPS) is 11.2. The van der Waals surface area contributed by atoms with E-state index in [2.05, 4.69) is 77.0 Å². The standard InChI is InChI=1S/C23H25N5O/c1-27(2)15-17-7-9-19(10-8-17)21-11-12-22(28-16-25-26-23(21)28)24-14-18-5-4-6-20(13-18)29-3/h4-13,16,24H,14-15H2,1-3H3. The zero-order chi connectivity index (χ0) is 20.2. The summed E-state index contributed by atoms with van der Waals surface area (Å²) in [5.41, 5.74) is 5.45. The van der Waals surface area contributed by atoms with Crippen LogP contribution < -0.4 is 10.1 Å². The highest BCUT2D eigenvalue weighted by molar-refractivity contribution is 5.79. The van der Waals surface area contributed by atoms with Crippen molar-refractivity contribution >= 4 is 11.5 Å². The maximum atomic E-state index is 5.30. The molecule has 0 aliphatic rings. The maximum Gasteiger partial charge on any atom is 0.170 e. The van der Waals surface area contributed by atoms with Gasteiger partial charge in [0.25, 0.3) is 0 Å². The lowest BCUT2D eigenvalue weighted by Gasteiger charge is -2.13. The number of methoxy groups -OCH3 is 1. The van der Waals surface area contributed by atoms with Crippen LogP contribution >= 0.6 is 0 Å². The number of hydrogen-bond donors (Lipinski definition) is 1. The van der Waals surface area contributed by atoms with Crippen LogP contribution in [-0.2, 0) is 13.1 Å². The Morgan fingerprint density at radius 3 is 2.59 bits per heavy atom. The first-order valence-corrected chi connectivity index (χ1v) is 9.57. The molecule has 2 aromatic carbocycles. The third-order valence-corrected chi connectivity index (χ3v) is 4.83. The van der Waals surface area contributed by atoms with E-state index in [1.165, 1.54) is 5.56 Å². The number of anilines is 1. The number of rotatable bonds is 7. The molecule has 0 aliphatic heterocycles. The van der Waals surface area contributed by atoms with Crippen LogP contribution in [0.25, 0.3) is 16.8 Å². The summed E-state index contributed by atoms with van der Waals surface area (Å²) < 4.78 is 7.29. The SMILES string of the molecule is COc1cccc(CNc2ccc(-c3ccc(CN(C)C)cc3)c3nncn23)c1. The molecule has 2 aromatic heterocycles. The Kier molecular flexibility index (Phi) is 5.44. The summed E-state index contributed by atoms with van der Waals surface area (Å²) in [7, 11) is 5.83.